The van der Waals surface area contributed by atoms with E-state index in [1.165, 1.54) is 5.56 Å². The van der Waals surface area contributed by atoms with Gasteiger partial charge >= 0.3 is 0 Å². The number of hydrazine groups is 1. The van der Waals surface area contributed by atoms with Crippen LogP contribution in [-0.2, 0) is 15.1 Å². The molecule has 0 radical (unpaired) electrons. The molecule has 1 aromatic carbocycles. The zero-order valence-corrected chi connectivity index (χ0v) is 22.2. The summed E-state index contributed by atoms with van der Waals surface area (Å²) in [5.74, 6) is -0.1000. The highest BCUT2D eigenvalue weighted by Crippen LogP contribution is 2.49. The van der Waals surface area contributed by atoms with E-state index < -0.39 is 5.91 Å². The van der Waals surface area contributed by atoms with Gasteiger partial charge in [-0.3, -0.25) is 19.9 Å². The van der Waals surface area contributed by atoms with Crippen molar-refractivity contribution in [2.75, 3.05) is 26.5 Å². The Morgan fingerprint density at radius 2 is 1.84 bits per heavy atom. The highest BCUT2D eigenvalue weighted by molar-refractivity contribution is 6.40. The van der Waals surface area contributed by atoms with Crippen molar-refractivity contribution in [3.63, 3.8) is 0 Å². The van der Waals surface area contributed by atoms with E-state index in [-0.39, 0.29) is 22.9 Å². The van der Waals surface area contributed by atoms with Crippen molar-refractivity contribution in [1.82, 2.24) is 20.7 Å². The lowest BCUT2D eigenvalue weighted by Crippen LogP contribution is -2.53. The van der Waals surface area contributed by atoms with E-state index in [1.54, 1.807) is 19.4 Å². The average Bonchev–Trinajstić information content (AvgIpc) is 3.29. The first kappa shape index (κ1) is 25.8. The summed E-state index contributed by atoms with van der Waals surface area (Å²) in [7, 11) is 5.94. The van der Waals surface area contributed by atoms with Crippen molar-refractivity contribution in [3.8, 4) is 5.88 Å². The van der Waals surface area contributed by atoms with Crippen molar-refractivity contribution in [2.45, 2.75) is 74.9 Å². The van der Waals surface area contributed by atoms with Crippen LogP contribution in [0.25, 0.3) is 0 Å². The van der Waals surface area contributed by atoms with E-state index in [0.29, 0.717) is 23.9 Å². The molecular formula is C29H39N5O3. The number of rotatable bonds is 8. The number of hydrogen-bond donors (Lipinski definition) is 3. The van der Waals surface area contributed by atoms with Gasteiger partial charge in [0.05, 0.1) is 24.4 Å². The molecule has 2 heterocycles. The largest absolute Gasteiger partial charge is 0.481 e. The minimum atomic E-state index is -0.557. The predicted octanol–water partition coefficient (Wildman–Crippen LogP) is 4.10. The van der Waals surface area contributed by atoms with Gasteiger partial charge in [0.2, 0.25) is 11.7 Å². The lowest BCUT2D eigenvalue weighted by atomic mass is 9.67. The lowest BCUT2D eigenvalue weighted by Gasteiger charge is -2.49. The first-order valence-electron chi connectivity index (χ1n) is 13.5. The van der Waals surface area contributed by atoms with E-state index in [1.807, 2.05) is 0 Å². The first-order chi connectivity index (χ1) is 17.9. The Kier molecular flexibility index (Phi) is 7.34. The molecule has 3 fully saturated rings. The molecule has 3 aliphatic rings. The molecule has 0 bridgehead atoms. The number of pyridine rings is 1. The Morgan fingerprint density at radius 3 is 2.46 bits per heavy atom. The number of aromatic nitrogens is 1. The highest BCUT2D eigenvalue weighted by atomic mass is 16.5. The Balaban J connectivity index is 1.32. The number of methoxy groups -OCH3 is 1. The lowest BCUT2D eigenvalue weighted by molar-refractivity contribution is -0.135. The minimum absolute atomic E-state index is 0.0121. The fourth-order valence-electron chi connectivity index (χ4n) is 6.43. The van der Waals surface area contributed by atoms with Gasteiger partial charge in [-0.1, -0.05) is 36.8 Å². The number of ether oxygens (including phenoxy) is 1. The molecule has 5 rings (SSSR count). The number of nitrogens with one attached hydrogen (secondary N) is 3. The summed E-state index contributed by atoms with van der Waals surface area (Å²) in [4.78, 5) is 32.1. The van der Waals surface area contributed by atoms with Crippen molar-refractivity contribution in [3.05, 3.63) is 53.7 Å². The van der Waals surface area contributed by atoms with Gasteiger partial charge in [0.25, 0.3) is 5.91 Å². The van der Waals surface area contributed by atoms with E-state index >= 15 is 0 Å². The predicted molar refractivity (Wildman–Crippen MR) is 143 cm³/mol. The van der Waals surface area contributed by atoms with Crippen molar-refractivity contribution in [2.24, 2.45) is 5.92 Å². The van der Waals surface area contributed by atoms with Gasteiger partial charge in [-0.05, 0) is 76.6 Å². The maximum Gasteiger partial charge on any atom is 0.291 e. The molecule has 1 aromatic heterocycles. The second kappa shape index (κ2) is 10.5. The van der Waals surface area contributed by atoms with Crippen LogP contribution in [0.5, 0.6) is 5.88 Å². The van der Waals surface area contributed by atoms with Gasteiger partial charge in [-0.2, -0.15) is 0 Å². The maximum atomic E-state index is 12.8. The molecule has 1 aliphatic heterocycles. The number of nitrogens with zero attached hydrogens (tertiary/aromatic N) is 2. The molecule has 37 heavy (non-hydrogen) atoms. The summed E-state index contributed by atoms with van der Waals surface area (Å²) in [5, 5.41) is 2.87. The average molecular weight is 506 g/mol. The standard InChI is InChI=1S/C29H39N5O3/c1-34(2)29(21-10-5-4-6-11-21)15-13-28(14-16-29)19-23(32-33-28)25-22(12-17-30-27(25)37-3)31-26(36)24(35)18-20-8-7-9-20/h4-6,10-12,17,20,23,32-33H,7-9,13-16,18-19H2,1-3H3,(H,30,31,36)/t23-,28?,29?/m0/s1. The molecule has 2 aliphatic carbocycles. The van der Waals surface area contributed by atoms with Crippen LogP contribution in [0.15, 0.2) is 42.6 Å². The van der Waals surface area contributed by atoms with E-state index in [9.17, 15) is 9.59 Å². The summed E-state index contributed by atoms with van der Waals surface area (Å²) in [5.41, 5.74) is 9.76. The number of ketones is 1. The van der Waals surface area contributed by atoms with Gasteiger partial charge in [0.15, 0.2) is 0 Å². The second-order valence-electron chi connectivity index (χ2n) is 11.3. The zero-order valence-electron chi connectivity index (χ0n) is 22.2. The van der Waals surface area contributed by atoms with Crippen LogP contribution in [-0.4, -0.2) is 48.3 Å². The van der Waals surface area contributed by atoms with Crippen molar-refractivity contribution >= 4 is 17.4 Å². The van der Waals surface area contributed by atoms with Crippen LogP contribution >= 0.6 is 0 Å². The van der Waals surface area contributed by atoms with E-state index in [2.05, 4.69) is 70.5 Å². The van der Waals surface area contributed by atoms with E-state index in [0.717, 1.165) is 56.9 Å². The fraction of sp³-hybridized carbons (Fsp3) is 0.552. The number of hydrogen-bond acceptors (Lipinski definition) is 7. The Bertz CT molecular complexity index is 1120. The van der Waals surface area contributed by atoms with Gasteiger partial charge < -0.3 is 10.1 Å². The summed E-state index contributed by atoms with van der Waals surface area (Å²) in [6, 6.07) is 12.4. The Hall–Kier alpha value is -2.81. The molecule has 1 amide bonds. The number of carbonyl (C=O) groups is 2. The summed E-state index contributed by atoms with van der Waals surface area (Å²) >= 11 is 0. The monoisotopic (exact) mass is 505 g/mol. The summed E-state index contributed by atoms with van der Waals surface area (Å²) in [6.45, 7) is 0. The molecule has 1 saturated heterocycles. The van der Waals surface area contributed by atoms with Crippen molar-refractivity contribution < 1.29 is 14.3 Å². The Labute approximate surface area is 219 Å². The highest BCUT2D eigenvalue weighted by Gasteiger charge is 2.49. The zero-order chi connectivity index (χ0) is 26.0. The Morgan fingerprint density at radius 1 is 1.11 bits per heavy atom. The van der Waals surface area contributed by atoms with Crippen LogP contribution in [0.3, 0.4) is 0 Å². The molecule has 2 saturated carbocycles. The maximum absolute atomic E-state index is 12.8. The van der Waals surface area contributed by atoms with Crippen LogP contribution < -0.4 is 20.9 Å². The van der Waals surface area contributed by atoms with Crippen LogP contribution in [0.4, 0.5) is 5.69 Å². The molecule has 198 valence electrons. The third-order valence-corrected chi connectivity index (χ3v) is 9.00. The van der Waals surface area contributed by atoms with Crippen LogP contribution in [0, 0.1) is 5.92 Å². The molecular weight excluding hydrogens is 466 g/mol. The molecule has 8 nitrogen and oxygen atoms in total. The quantitative estimate of drug-likeness (QED) is 0.465. The fourth-order valence-corrected chi connectivity index (χ4v) is 6.43. The molecule has 1 spiro atoms. The first-order valence-corrected chi connectivity index (χ1v) is 13.5. The van der Waals surface area contributed by atoms with E-state index in [4.69, 9.17) is 4.74 Å². The summed E-state index contributed by atoms with van der Waals surface area (Å²) in [6.07, 6.45) is 10.1. The normalized spacial score (nSPS) is 27.7. The SMILES string of the molecule is COc1nccc(NC(=O)C(=O)CC2CCC2)c1[C@@H]1CC2(CCC(c3ccccc3)(N(C)C)CC2)NN1. The molecule has 0 unspecified atom stereocenters. The van der Waals surface area contributed by atoms with Crippen LogP contribution in [0.2, 0.25) is 0 Å². The minimum Gasteiger partial charge on any atom is -0.481 e. The molecule has 1 atom stereocenters. The number of benzene rings is 1. The van der Waals surface area contributed by atoms with Gasteiger partial charge in [-0.15, -0.1) is 0 Å². The summed E-state index contributed by atoms with van der Waals surface area (Å²) < 4.78 is 5.61. The third kappa shape index (κ3) is 5.02. The second-order valence-corrected chi connectivity index (χ2v) is 11.3. The smallest absolute Gasteiger partial charge is 0.291 e. The van der Waals surface area contributed by atoms with Crippen LogP contribution in [0.1, 0.15) is 75.0 Å². The topological polar surface area (TPSA) is 95.6 Å². The van der Waals surface area contributed by atoms with Crippen molar-refractivity contribution in [1.29, 1.82) is 0 Å². The number of anilines is 1. The van der Waals surface area contributed by atoms with Gasteiger partial charge in [0, 0.05) is 23.7 Å². The molecule has 3 N–H and O–H groups in total. The van der Waals surface area contributed by atoms with Gasteiger partial charge in [-0.25, -0.2) is 10.4 Å². The van der Waals surface area contributed by atoms with Gasteiger partial charge in [0.1, 0.15) is 0 Å². The third-order valence-electron chi connectivity index (χ3n) is 9.00. The number of amides is 1. The number of Topliss-reactive ketones (excluding diaryl/α,β-unsaturated/α-hetero) is 1. The molecule has 2 aromatic rings. The molecule has 8 heteroatoms. The number of carbonyl (C=O) groups excluding carboxylic acids is 2.